The Morgan fingerprint density at radius 3 is 2.47 bits per heavy atom. The summed E-state index contributed by atoms with van der Waals surface area (Å²) in [7, 11) is 0. The molecule has 0 aliphatic heterocycles. The van der Waals surface area contributed by atoms with Crippen molar-refractivity contribution in [2.24, 2.45) is 0 Å². The molecular formula is C14H16OS2. The van der Waals surface area contributed by atoms with Crippen molar-refractivity contribution in [2.75, 3.05) is 0 Å². The SMILES string of the molecule is CC(C)c1sc2c(oc3ccsc32)c1C(C)C. The Labute approximate surface area is 109 Å². The first-order chi connectivity index (χ1) is 8.09. The second-order valence-electron chi connectivity index (χ2n) is 5.06. The summed E-state index contributed by atoms with van der Waals surface area (Å²) < 4.78 is 8.70. The topological polar surface area (TPSA) is 13.1 Å². The lowest BCUT2D eigenvalue weighted by molar-refractivity contribution is 0.656. The van der Waals surface area contributed by atoms with Gasteiger partial charge in [0.2, 0.25) is 0 Å². The fourth-order valence-electron chi connectivity index (χ4n) is 2.33. The third-order valence-corrected chi connectivity index (χ3v) is 5.62. The molecule has 3 rings (SSSR count). The molecule has 0 aliphatic carbocycles. The van der Waals surface area contributed by atoms with E-state index in [1.807, 2.05) is 11.3 Å². The van der Waals surface area contributed by atoms with Gasteiger partial charge in [-0.3, -0.25) is 0 Å². The molecule has 0 amide bonds. The minimum absolute atomic E-state index is 0.529. The van der Waals surface area contributed by atoms with E-state index in [1.54, 1.807) is 11.3 Å². The van der Waals surface area contributed by atoms with Gasteiger partial charge in [0.15, 0.2) is 5.58 Å². The van der Waals surface area contributed by atoms with Crippen molar-refractivity contribution in [3.05, 3.63) is 21.9 Å². The summed E-state index contributed by atoms with van der Waals surface area (Å²) in [5.74, 6) is 1.11. The van der Waals surface area contributed by atoms with Gasteiger partial charge in [0, 0.05) is 10.4 Å². The highest BCUT2D eigenvalue weighted by Crippen LogP contribution is 2.45. The predicted molar refractivity (Wildman–Crippen MR) is 77.7 cm³/mol. The van der Waals surface area contributed by atoms with Crippen LogP contribution in [0.4, 0.5) is 0 Å². The molecule has 17 heavy (non-hydrogen) atoms. The van der Waals surface area contributed by atoms with Gasteiger partial charge in [-0.25, -0.2) is 0 Å². The number of rotatable bonds is 2. The van der Waals surface area contributed by atoms with Gasteiger partial charge in [-0.05, 0) is 23.3 Å². The predicted octanol–water partition coefficient (Wildman–Crippen LogP) is 5.96. The minimum atomic E-state index is 0.529. The van der Waals surface area contributed by atoms with E-state index >= 15 is 0 Å². The summed E-state index contributed by atoms with van der Waals surface area (Å²) in [6.45, 7) is 9.04. The Balaban J connectivity index is 2.41. The molecule has 0 unspecified atom stereocenters. The molecule has 0 spiro atoms. The van der Waals surface area contributed by atoms with Crippen LogP contribution in [0.1, 0.15) is 50.0 Å². The monoisotopic (exact) mass is 264 g/mol. The lowest BCUT2D eigenvalue weighted by Crippen LogP contribution is -1.92. The van der Waals surface area contributed by atoms with Gasteiger partial charge in [-0.15, -0.1) is 22.7 Å². The lowest BCUT2D eigenvalue weighted by atomic mass is 9.98. The molecule has 0 N–H and O–H groups in total. The Hall–Kier alpha value is -0.800. The molecule has 0 aromatic carbocycles. The molecule has 0 fully saturated rings. The highest BCUT2D eigenvalue weighted by Gasteiger charge is 2.22. The Morgan fingerprint density at radius 1 is 1.06 bits per heavy atom. The third kappa shape index (κ3) is 1.56. The maximum absolute atomic E-state index is 6.04. The van der Waals surface area contributed by atoms with Gasteiger partial charge in [0.1, 0.15) is 5.58 Å². The van der Waals surface area contributed by atoms with Crippen LogP contribution in [0.3, 0.4) is 0 Å². The molecule has 1 nitrogen and oxygen atoms in total. The van der Waals surface area contributed by atoms with Gasteiger partial charge < -0.3 is 4.42 Å². The van der Waals surface area contributed by atoms with Crippen LogP contribution >= 0.6 is 22.7 Å². The minimum Gasteiger partial charge on any atom is -0.454 e. The zero-order valence-corrected chi connectivity index (χ0v) is 12.2. The van der Waals surface area contributed by atoms with Crippen molar-refractivity contribution in [3.8, 4) is 0 Å². The van der Waals surface area contributed by atoms with Gasteiger partial charge in [0.25, 0.3) is 0 Å². The van der Waals surface area contributed by atoms with Crippen LogP contribution in [-0.2, 0) is 0 Å². The summed E-state index contributed by atoms with van der Waals surface area (Å²) >= 11 is 3.70. The summed E-state index contributed by atoms with van der Waals surface area (Å²) in [6.07, 6.45) is 0. The lowest BCUT2D eigenvalue weighted by Gasteiger charge is -2.09. The number of hydrogen-bond acceptors (Lipinski definition) is 3. The van der Waals surface area contributed by atoms with Crippen LogP contribution < -0.4 is 0 Å². The van der Waals surface area contributed by atoms with Crippen molar-refractivity contribution in [1.29, 1.82) is 0 Å². The Bertz CT molecular complexity index is 667. The van der Waals surface area contributed by atoms with Crippen LogP contribution in [0.2, 0.25) is 0 Å². The fourth-order valence-corrected chi connectivity index (χ4v) is 4.68. The summed E-state index contributed by atoms with van der Waals surface area (Å²) in [4.78, 5) is 1.49. The molecule has 3 aromatic rings. The molecule has 3 heterocycles. The van der Waals surface area contributed by atoms with Gasteiger partial charge in [-0.1, -0.05) is 27.7 Å². The van der Waals surface area contributed by atoms with E-state index in [1.165, 1.54) is 19.8 Å². The highest BCUT2D eigenvalue weighted by atomic mass is 32.1. The molecule has 0 radical (unpaired) electrons. The van der Waals surface area contributed by atoms with Crippen molar-refractivity contribution < 1.29 is 4.42 Å². The standard InChI is InChI=1S/C14H16OS2/c1-7(2)10-11-14(17-12(10)8(3)4)13-9(15-11)5-6-16-13/h5-8H,1-4H3. The zero-order valence-electron chi connectivity index (χ0n) is 10.5. The van der Waals surface area contributed by atoms with E-state index in [2.05, 4.69) is 39.1 Å². The van der Waals surface area contributed by atoms with Crippen LogP contribution in [-0.4, -0.2) is 0 Å². The maximum Gasteiger partial charge on any atom is 0.150 e. The Kier molecular flexibility index (Phi) is 2.56. The largest absolute Gasteiger partial charge is 0.454 e. The second-order valence-corrected chi connectivity index (χ2v) is 7.03. The van der Waals surface area contributed by atoms with Crippen LogP contribution in [0, 0.1) is 0 Å². The normalized spacial score (nSPS) is 12.6. The van der Waals surface area contributed by atoms with Crippen LogP contribution in [0.15, 0.2) is 15.9 Å². The number of hydrogen-bond donors (Lipinski definition) is 0. The first-order valence-electron chi connectivity index (χ1n) is 6.02. The number of fused-ring (bicyclic) bond motifs is 3. The third-order valence-electron chi connectivity index (χ3n) is 3.08. The van der Waals surface area contributed by atoms with Crippen molar-refractivity contribution in [3.63, 3.8) is 0 Å². The van der Waals surface area contributed by atoms with E-state index in [4.69, 9.17) is 4.42 Å². The summed E-state index contributed by atoms with van der Waals surface area (Å²) in [5, 5.41) is 2.11. The molecule has 0 bridgehead atoms. The van der Waals surface area contributed by atoms with E-state index in [0.717, 1.165) is 11.2 Å². The van der Waals surface area contributed by atoms with Crippen molar-refractivity contribution in [1.82, 2.24) is 0 Å². The second kappa shape index (κ2) is 3.85. The molecule has 3 aromatic heterocycles. The average Bonchev–Trinajstić information content (AvgIpc) is 2.84. The van der Waals surface area contributed by atoms with Crippen LogP contribution in [0.5, 0.6) is 0 Å². The average molecular weight is 264 g/mol. The molecule has 0 aliphatic rings. The molecule has 0 saturated heterocycles. The highest BCUT2D eigenvalue weighted by molar-refractivity contribution is 7.26. The quantitative estimate of drug-likeness (QED) is 0.557. The van der Waals surface area contributed by atoms with Crippen molar-refractivity contribution in [2.45, 2.75) is 39.5 Å². The molecule has 90 valence electrons. The maximum atomic E-state index is 6.04. The van der Waals surface area contributed by atoms with E-state index in [9.17, 15) is 0 Å². The first kappa shape index (κ1) is 11.3. The molecule has 0 saturated carbocycles. The van der Waals surface area contributed by atoms with E-state index in [0.29, 0.717) is 11.8 Å². The summed E-state index contributed by atoms with van der Waals surface area (Å²) in [6, 6.07) is 2.08. The van der Waals surface area contributed by atoms with Gasteiger partial charge in [0.05, 0.1) is 9.40 Å². The zero-order chi connectivity index (χ0) is 12.2. The van der Waals surface area contributed by atoms with Gasteiger partial charge >= 0.3 is 0 Å². The smallest absolute Gasteiger partial charge is 0.150 e. The fraction of sp³-hybridized carbons (Fsp3) is 0.429. The molecule has 3 heteroatoms. The molecule has 0 atom stereocenters. The summed E-state index contributed by atoms with van der Waals surface area (Å²) in [5.41, 5.74) is 3.60. The van der Waals surface area contributed by atoms with E-state index in [-0.39, 0.29) is 0 Å². The number of furan rings is 1. The number of thiophene rings is 2. The van der Waals surface area contributed by atoms with Gasteiger partial charge in [-0.2, -0.15) is 0 Å². The van der Waals surface area contributed by atoms with E-state index < -0.39 is 0 Å². The van der Waals surface area contributed by atoms with Crippen molar-refractivity contribution >= 4 is 43.2 Å². The van der Waals surface area contributed by atoms with Crippen LogP contribution in [0.25, 0.3) is 20.6 Å². The molecular weight excluding hydrogens is 248 g/mol. The Morgan fingerprint density at radius 2 is 1.82 bits per heavy atom. The first-order valence-corrected chi connectivity index (χ1v) is 7.71.